The van der Waals surface area contributed by atoms with Gasteiger partial charge in [0.05, 0.1) is 11.7 Å². The van der Waals surface area contributed by atoms with Crippen LogP contribution < -0.4 is 5.69 Å². The summed E-state index contributed by atoms with van der Waals surface area (Å²) in [5.74, 6) is -1.02. The maximum atomic E-state index is 13.0. The molecule has 0 bridgehead atoms. The fraction of sp³-hybridized carbons (Fsp3) is 0.238. The Morgan fingerprint density at radius 3 is 2.11 bits per heavy atom. The molecule has 0 aliphatic carbocycles. The van der Waals surface area contributed by atoms with E-state index in [-0.39, 0.29) is 12.3 Å². The average molecular weight is 398 g/mol. The van der Waals surface area contributed by atoms with E-state index in [2.05, 4.69) is 12.6 Å². The molecule has 2 N–H and O–H groups in total. The first kappa shape index (κ1) is 19.8. The van der Waals surface area contributed by atoms with Crippen molar-refractivity contribution in [3.8, 4) is 5.88 Å². The summed E-state index contributed by atoms with van der Waals surface area (Å²) in [5, 5.41) is 20.1. The van der Waals surface area contributed by atoms with Gasteiger partial charge in [-0.3, -0.25) is 13.9 Å². The van der Waals surface area contributed by atoms with Crippen molar-refractivity contribution in [2.45, 2.75) is 25.4 Å². The molecule has 28 heavy (non-hydrogen) atoms. The Labute approximate surface area is 168 Å². The molecule has 6 nitrogen and oxygen atoms in total. The zero-order chi connectivity index (χ0) is 20.1. The van der Waals surface area contributed by atoms with E-state index in [1.807, 2.05) is 60.7 Å². The van der Waals surface area contributed by atoms with E-state index in [9.17, 15) is 19.8 Å². The number of carbonyl (C=O) groups is 1. The summed E-state index contributed by atoms with van der Waals surface area (Å²) in [6, 6.07) is 18.5. The minimum Gasteiger partial charge on any atom is -0.493 e. The fourth-order valence-corrected chi connectivity index (χ4v) is 3.60. The number of rotatable bonds is 8. The lowest BCUT2D eigenvalue weighted by Crippen LogP contribution is -2.31. The van der Waals surface area contributed by atoms with Gasteiger partial charge in [0.2, 0.25) is 5.88 Å². The van der Waals surface area contributed by atoms with Crippen molar-refractivity contribution in [3.05, 3.63) is 88.0 Å². The van der Waals surface area contributed by atoms with Crippen molar-refractivity contribution in [2.75, 3.05) is 5.75 Å². The van der Waals surface area contributed by atoms with Crippen molar-refractivity contribution in [1.29, 1.82) is 0 Å². The van der Waals surface area contributed by atoms with Gasteiger partial charge in [-0.25, -0.2) is 4.79 Å². The molecule has 0 radical (unpaired) electrons. The van der Waals surface area contributed by atoms with E-state index in [1.54, 1.807) is 0 Å². The number of thiol groups is 1. The van der Waals surface area contributed by atoms with E-state index in [4.69, 9.17) is 0 Å². The first-order chi connectivity index (χ1) is 13.5. The van der Waals surface area contributed by atoms with Crippen LogP contribution in [-0.4, -0.2) is 31.1 Å². The number of carboxylic acids is 1. The Balaban J connectivity index is 2.05. The van der Waals surface area contributed by atoms with Crippen molar-refractivity contribution in [2.24, 2.45) is 0 Å². The number of aromatic hydroxyl groups is 1. The molecule has 0 fully saturated rings. The van der Waals surface area contributed by atoms with Crippen LogP contribution in [0.25, 0.3) is 0 Å². The predicted molar refractivity (Wildman–Crippen MR) is 110 cm³/mol. The van der Waals surface area contributed by atoms with E-state index >= 15 is 0 Å². The molecule has 1 atom stereocenters. The summed E-state index contributed by atoms with van der Waals surface area (Å²) in [6.45, 7) is -0.508. The van der Waals surface area contributed by atoms with Crippen molar-refractivity contribution in [3.63, 3.8) is 0 Å². The van der Waals surface area contributed by atoms with Gasteiger partial charge in [-0.2, -0.15) is 12.6 Å². The highest BCUT2D eigenvalue weighted by atomic mass is 32.1. The molecule has 1 heterocycles. The SMILES string of the molecule is O=C(O)Cn1c(Cc2ccccc2)c(O)n(C(CS)Cc2ccccc2)c1=O. The number of benzene rings is 2. The molecule has 7 heteroatoms. The lowest BCUT2D eigenvalue weighted by Gasteiger charge is -2.16. The highest BCUT2D eigenvalue weighted by Crippen LogP contribution is 2.26. The summed E-state index contributed by atoms with van der Waals surface area (Å²) in [4.78, 5) is 24.3. The minimum atomic E-state index is -1.14. The number of imidazole rings is 1. The van der Waals surface area contributed by atoms with Crippen LogP contribution in [0.15, 0.2) is 65.5 Å². The maximum Gasteiger partial charge on any atom is 0.332 e. The van der Waals surface area contributed by atoms with E-state index in [1.165, 1.54) is 4.57 Å². The Hall–Kier alpha value is -2.93. The smallest absolute Gasteiger partial charge is 0.332 e. The van der Waals surface area contributed by atoms with Gasteiger partial charge in [0.25, 0.3) is 0 Å². The summed E-state index contributed by atoms with van der Waals surface area (Å²) in [5.41, 5.74) is 1.63. The molecule has 0 aliphatic heterocycles. The van der Waals surface area contributed by atoms with Crippen molar-refractivity contribution < 1.29 is 15.0 Å². The average Bonchev–Trinajstić information content (AvgIpc) is 2.91. The highest BCUT2D eigenvalue weighted by molar-refractivity contribution is 7.80. The van der Waals surface area contributed by atoms with Crippen LogP contribution in [0.5, 0.6) is 5.88 Å². The maximum absolute atomic E-state index is 13.0. The van der Waals surface area contributed by atoms with Crippen LogP contribution in [0.4, 0.5) is 0 Å². The number of nitrogens with zero attached hydrogens (tertiary/aromatic N) is 2. The van der Waals surface area contributed by atoms with Gasteiger partial charge in [-0.1, -0.05) is 60.7 Å². The topological polar surface area (TPSA) is 84.5 Å². The predicted octanol–water partition coefficient (Wildman–Crippen LogP) is 2.74. The van der Waals surface area contributed by atoms with Crippen molar-refractivity contribution in [1.82, 2.24) is 9.13 Å². The summed E-state index contributed by atoms with van der Waals surface area (Å²) in [6.07, 6.45) is 0.756. The molecule has 3 aromatic rings. The molecule has 2 aromatic carbocycles. The standard InChI is InChI=1S/C21H22N2O4S/c24-19(25)13-22-18(12-16-9-5-2-6-10-16)20(26)23(21(22)27)17(14-28)11-15-7-3-1-4-8-15/h1-10,17,26,28H,11-14H2,(H,24,25). The molecule has 0 saturated heterocycles. The van der Waals surface area contributed by atoms with Gasteiger partial charge in [0, 0.05) is 12.2 Å². The summed E-state index contributed by atoms with van der Waals surface area (Å²) >= 11 is 4.37. The van der Waals surface area contributed by atoms with Crippen LogP contribution in [0.2, 0.25) is 0 Å². The molecule has 0 saturated carbocycles. The van der Waals surface area contributed by atoms with Crippen LogP contribution in [0.1, 0.15) is 22.9 Å². The number of carboxylic acid groups (broad SMARTS) is 1. The normalized spacial score (nSPS) is 12.0. The number of hydrogen-bond acceptors (Lipinski definition) is 4. The first-order valence-corrected chi connectivity index (χ1v) is 9.58. The first-order valence-electron chi connectivity index (χ1n) is 8.94. The van der Waals surface area contributed by atoms with Gasteiger partial charge in [0.1, 0.15) is 6.54 Å². The summed E-state index contributed by atoms with van der Waals surface area (Å²) < 4.78 is 2.40. The molecule has 0 spiro atoms. The largest absolute Gasteiger partial charge is 0.493 e. The Bertz CT molecular complexity index is 996. The van der Waals surface area contributed by atoms with Crippen LogP contribution >= 0.6 is 12.6 Å². The van der Waals surface area contributed by atoms with Gasteiger partial charge in [-0.15, -0.1) is 0 Å². The lowest BCUT2D eigenvalue weighted by molar-refractivity contribution is -0.137. The number of aromatic nitrogens is 2. The highest BCUT2D eigenvalue weighted by Gasteiger charge is 2.25. The third-order valence-electron chi connectivity index (χ3n) is 4.65. The second kappa shape index (κ2) is 8.84. The van der Waals surface area contributed by atoms with Crippen LogP contribution in [-0.2, 0) is 24.2 Å². The quantitative estimate of drug-likeness (QED) is 0.510. The monoisotopic (exact) mass is 398 g/mol. The lowest BCUT2D eigenvalue weighted by atomic mass is 10.1. The number of hydrogen-bond donors (Lipinski definition) is 3. The Morgan fingerprint density at radius 2 is 1.57 bits per heavy atom. The van der Waals surface area contributed by atoms with Gasteiger partial charge < -0.3 is 10.2 Å². The van der Waals surface area contributed by atoms with Gasteiger partial charge in [0.15, 0.2) is 0 Å². The molecule has 0 aliphatic rings. The van der Waals surface area contributed by atoms with E-state index in [0.29, 0.717) is 17.9 Å². The minimum absolute atomic E-state index is 0.204. The van der Waals surface area contributed by atoms with Gasteiger partial charge in [-0.05, 0) is 17.5 Å². The Kier molecular flexibility index (Phi) is 6.26. The third-order valence-corrected chi connectivity index (χ3v) is 5.07. The van der Waals surface area contributed by atoms with Crippen LogP contribution in [0, 0.1) is 0 Å². The Morgan fingerprint density at radius 1 is 1.00 bits per heavy atom. The number of aliphatic carboxylic acids is 1. The van der Waals surface area contributed by atoms with Crippen LogP contribution in [0.3, 0.4) is 0 Å². The zero-order valence-electron chi connectivity index (χ0n) is 15.2. The molecular formula is C21H22N2O4S. The molecule has 0 amide bonds. The third kappa shape index (κ3) is 4.31. The zero-order valence-corrected chi connectivity index (χ0v) is 16.1. The van der Waals surface area contributed by atoms with Crippen molar-refractivity contribution >= 4 is 18.6 Å². The molecule has 3 rings (SSSR count). The molecule has 1 aromatic heterocycles. The molecule has 1 unspecified atom stereocenters. The van der Waals surface area contributed by atoms with E-state index < -0.39 is 24.2 Å². The van der Waals surface area contributed by atoms with E-state index in [0.717, 1.165) is 15.7 Å². The fourth-order valence-electron chi connectivity index (χ4n) is 3.31. The summed E-state index contributed by atoms with van der Waals surface area (Å²) in [7, 11) is 0. The molecule has 146 valence electrons. The second-order valence-corrected chi connectivity index (χ2v) is 6.96. The second-order valence-electron chi connectivity index (χ2n) is 6.59. The molecular weight excluding hydrogens is 376 g/mol. The van der Waals surface area contributed by atoms with Gasteiger partial charge >= 0.3 is 11.7 Å².